The van der Waals surface area contributed by atoms with Crippen molar-refractivity contribution in [1.82, 2.24) is 5.32 Å². The molecule has 0 amide bonds. The van der Waals surface area contributed by atoms with Crippen molar-refractivity contribution in [3.05, 3.63) is 42.0 Å². The molecule has 2 aromatic rings. The number of phenolic OH excluding ortho intramolecular Hbond substituents is 1. The molecule has 0 aromatic heterocycles. The Morgan fingerprint density at radius 3 is 2.90 bits per heavy atom. The molecule has 0 aliphatic heterocycles. The van der Waals surface area contributed by atoms with Gasteiger partial charge < -0.3 is 10.4 Å². The zero-order valence-electron chi connectivity index (χ0n) is 12.5. The number of nitrogens with one attached hydrogen (secondary N) is 1. The molecule has 3 rings (SSSR count). The zero-order valence-corrected chi connectivity index (χ0v) is 13.3. The van der Waals surface area contributed by atoms with Gasteiger partial charge in [0.05, 0.1) is 0 Å². The lowest BCUT2D eigenvalue weighted by molar-refractivity contribution is 0.458. The van der Waals surface area contributed by atoms with Crippen LogP contribution >= 0.6 is 11.8 Å². The molecular formula is C18H23NOS. The predicted molar refractivity (Wildman–Crippen MR) is 92.0 cm³/mol. The highest BCUT2D eigenvalue weighted by molar-refractivity contribution is 7.99. The second-order valence-corrected chi connectivity index (χ2v) is 7.33. The van der Waals surface area contributed by atoms with Crippen molar-refractivity contribution in [2.75, 3.05) is 5.75 Å². The summed E-state index contributed by atoms with van der Waals surface area (Å²) in [6, 6.07) is 12.7. The number of hydrogen-bond donors (Lipinski definition) is 2. The van der Waals surface area contributed by atoms with Gasteiger partial charge in [0.2, 0.25) is 0 Å². The third kappa shape index (κ3) is 3.35. The number of aromatic hydroxyl groups is 1. The van der Waals surface area contributed by atoms with Crippen LogP contribution in [0.1, 0.15) is 31.7 Å². The molecule has 2 N–H and O–H groups in total. The average Bonchev–Trinajstić information content (AvgIpc) is 2.94. The Hall–Kier alpha value is -1.19. The molecule has 0 radical (unpaired) electrons. The van der Waals surface area contributed by atoms with Gasteiger partial charge >= 0.3 is 0 Å². The van der Waals surface area contributed by atoms with Gasteiger partial charge in [-0.15, -0.1) is 0 Å². The second kappa shape index (κ2) is 6.71. The van der Waals surface area contributed by atoms with E-state index < -0.39 is 0 Å². The minimum absolute atomic E-state index is 0.402. The molecule has 0 spiro atoms. The Morgan fingerprint density at radius 2 is 2.05 bits per heavy atom. The first-order valence-electron chi connectivity index (χ1n) is 7.82. The van der Waals surface area contributed by atoms with E-state index in [9.17, 15) is 5.11 Å². The topological polar surface area (TPSA) is 32.3 Å². The number of fused-ring (bicyclic) bond motifs is 1. The summed E-state index contributed by atoms with van der Waals surface area (Å²) in [5.74, 6) is 1.61. The van der Waals surface area contributed by atoms with Gasteiger partial charge in [0.25, 0.3) is 0 Å². The highest BCUT2D eigenvalue weighted by Gasteiger charge is 2.24. The minimum atomic E-state index is 0.402. The van der Waals surface area contributed by atoms with Gasteiger partial charge in [-0.05, 0) is 41.9 Å². The maximum Gasteiger partial charge on any atom is 0.120 e. The van der Waals surface area contributed by atoms with Gasteiger partial charge in [0, 0.05) is 23.4 Å². The molecule has 112 valence electrons. The Labute approximate surface area is 130 Å². The SMILES string of the molecule is CCSC1CCC(NCc2c(O)ccc3ccccc23)C1. The van der Waals surface area contributed by atoms with Crippen LogP contribution in [-0.4, -0.2) is 22.2 Å². The van der Waals surface area contributed by atoms with Crippen LogP contribution in [0.15, 0.2) is 36.4 Å². The van der Waals surface area contributed by atoms with E-state index >= 15 is 0 Å². The first-order chi connectivity index (χ1) is 10.3. The van der Waals surface area contributed by atoms with E-state index in [-0.39, 0.29) is 0 Å². The van der Waals surface area contributed by atoms with Crippen LogP contribution < -0.4 is 5.32 Å². The van der Waals surface area contributed by atoms with E-state index in [2.05, 4.69) is 36.1 Å². The fraction of sp³-hybridized carbons (Fsp3) is 0.444. The predicted octanol–water partition coefficient (Wildman–Crippen LogP) is 4.31. The van der Waals surface area contributed by atoms with Crippen molar-refractivity contribution in [2.24, 2.45) is 0 Å². The first-order valence-corrected chi connectivity index (χ1v) is 8.87. The summed E-state index contributed by atoms with van der Waals surface area (Å²) >= 11 is 2.08. The van der Waals surface area contributed by atoms with Gasteiger partial charge in [-0.3, -0.25) is 0 Å². The van der Waals surface area contributed by atoms with E-state index in [1.165, 1.54) is 30.4 Å². The van der Waals surface area contributed by atoms with Gasteiger partial charge in [-0.25, -0.2) is 0 Å². The molecule has 2 unspecified atom stereocenters. The first kappa shape index (κ1) is 14.7. The number of phenols is 1. The molecule has 1 fully saturated rings. The lowest BCUT2D eigenvalue weighted by Crippen LogP contribution is -2.26. The van der Waals surface area contributed by atoms with Crippen LogP contribution in [-0.2, 0) is 6.54 Å². The van der Waals surface area contributed by atoms with E-state index in [1.54, 1.807) is 0 Å². The Kier molecular flexibility index (Phi) is 4.71. The molecular weight excluding hydrogens is 278 g/mol. The Balaban J connectivity index is 1.70. The summed E-state index contributed by atoms with van der Waals surface area (Å²) in [6.07, 6.45) is 3.82. The molecule has 1 aliphatic rings. The summed E-state index contributed by atoms with van der Waals surface area (Å²) < 4.78 is 0. The fourth-order valence-corrected chi connectivity index (χ4v) is 4.41. The Bertz CT molecular complexity index is 613. The van der Waals surface area contributed by atoms with Crippen LogP contribution in [0.4, 0.5) is 0 Å². The molecule has 1 saturated carbocycles. The van der Waals surface area contributed by atoms with Crippen LogP contribution in [0.25, 0.3) is 10.8 Å². The molecule has 2 atom stereocenters. The van der Waals surface area contributed by atoms with Gasteiger partial charge in [0.15, 0.2) is 0 Å². The van der Waals surface area contributed by atoms with Crippen LogP contribution in [0.5, 0.6) is 5.75 Å². The van der Waals surface area contributed by atoms with Crippen molar-refractivity contribution < 1.29 is 5.11 Å². The lowest BCUT2D eigenvalue weighted by atomic mass is 10.0. The summed E-state index contributed by atoms with van der Waals surface area (Å²) in [5, 5.41) is 17.0. The van der Waals surface area contributed by atoms with Gasteiger partial charge in [-0.1, -0.05) is 37.3 Å². The molecule has 21 heavy (non-hydrogen) atoms. The number of rotatable bonds is 5. The van der Waals surface area contributed by atoms with Crippen molar-refractivity contribution in [3.63, 3.8) is 0 Å². The second-order valence-electron chi connectivity index (χ2n) is 5.75. The van der Waals surface area contributed by atoms with E-state index in [4.69, 9.17) is 0 Å². The summed E-state index contributed by atoms with van der Waals surface area (Å²) in [7, 11) is 0. The third-order valence-electron chi connectivity index (χ3n) is 4.37. The lowest BCUT2D eigenvalue weighted by Gasteiger charge is -2.15. The van der Waals surface area contributed by atoms with E-state index in [0.29, 0.717) is 11.8 Å². The van der Waals surface area contributed by atoms with Gasteiger partial charge in [-0.2, -0.15) is 11.8 Å². The zero-order chi connectivity index (χ0) is 14.7. The minimum Gasteiger partial charge on any atom is -0.508 e. The number of benzene rings is 2. The van der Waals surface area contributed by atoms with Crippen molar-refractivity contribution in [1.29, 1.82) is 0 Å². The fourth-order valence-electron chi connectivity index (χ4n) is 3.27. The highest BCUT2D eigenvalue weighted by Crippen LogP contribution is 2.31. The van der Waals surface area contributed by atoms with Crippen molar-refractivity contribution >= 4 is 22.5 Å². The molecule has 0 bridgehead atoms. The number of hydrogen-bond acceptors (Lipinski definition) is 3. The monoisotopic (exact) mass is 301 g/mol. The van der Waals surface area contributed by atoms with Crippen LogP contribution in [0.3, 0.4) is 0 Å². The molecule has 2 aromatic carbocycles. The van der Waals surface area contributed by atoms with Crippen LogP contribution in [0, 0.1) is 0 Å². The quantitative estimate of drug-likeness (QED) is 0.863. The molecule has 0 saturated heterocycles. The van der Waals surface area contributed by atoms with Gasteiger partial charge in [0.1, 0.15) is 5.75 Å². The largest absolute Gasteiger partial charge is 0.508 e. The van der Waals surface area contributed by atoms with E-state index in [0.717, 1.165) is 22.7 Å². The maximum atomic E-state index is 10.2. The molecule has 1 aliphatic carbocycles. The smallest absolute Gasteiger partial charge is 0.120 e. The van der Waals surface area contributed by atoms with Crippen molar-refractivity contribution in [2.45, 2.75) is 44.0 Å². The standard InChI is InChI=1S/C18H23NOS/c1-2-21-15-9-8-14(11-15)19-12-17-16-6-4-3-5-13(16)7-10-18(17)20/h3-7,10,14-15,19-20H,2,8-9,11-12H2,1H3. The normalized spacial score (nSPS) is 22.0. The van der Waals surface area contributed by atoms with E-state index in [1.807, 2.05) is 24.3 Å². The molecule has 3 heteroatoms. The highest BCUT2D eigenvalue weighted by atomic mass is 32.2. The summed E-state index contributed by atoms with van der Waals surface area (Å²) in [5.41, 5.74) is 1.03. The third-order valence-corrected chi connectivity index (χ3v) is 5.60. The maximum absolute atomic E-state index is 10.2. The molecule has 0 heterocycles. The average molecular weight is 301 g/mol. The van der Waals surface area contributed by atoms with Crippen molar-refractivity contribution in [3.8, 4) is 5.75 Å². The van der Waals surface area contributed by atoms with Crippen LogP contribution in [0.2, 0.25) is 0 Å². The number of thioether (sulfide) groups is 1. The molecule has 2 nitrogen and oxygen atoms in total. The Morgan fingerprint density at radius 1 is 1.19 bits per heavy atom. The summed E-state index contributed by atoms with van der Waals surface area (Å²) in [4.78, 5) is 0. The summed E-state index contributed by atoms with van der Waals surface area (Å²) in [6.45, 7) is 2.99.